The molecule has 1 aromatic carbocycles. The first-order chi connectivity index (χ1) is 16.3. The molecule has 3 saturated heterocycles. The summed E-state index contributed by atoms with van der Waals surface area (Å²) < 4.78 is 5.30. The van der Waals surface area contributed by atoms with Crippen molar-refractivity contribution in [3.05, 3.63) is 35.9 Å². The van der Waals surface area contributed by atoms with Gasteiger partial charge in [0, 0.05) is 19.6 Å². The van der Waals surface area contributed by atoms with Gasteiger partial charge in [0.25, 0.3) is 0 Å². The van der Waals surface area contributed by atoms with Crippen LogP contribution in [0.3, 0.4) is 0 Å². The van der Waals surface area contributed by atoms with Crippen LogP contribution in [-0.2, 0) is 25.8 Å². The van der Waals surface area contributed by atoms with E-state index in [2.05, 4.69) is 5.48 Å². The van der Waals surface area contributed by atoms with E-state index in [1.54, 1.807) is 9.96 Å². The van der Waals surface area contributed by atoms with E-state index in [1.165, 1.54) is 0 Å². The number of urea groups is 1. The van der Waals surface area contributed by atoms with Gasteiger partial charge in [-0.15, -0.1) is 0 Å². The molecule has 34 heavy (non-hydrogen) atoms. The van der Waals surface area contributed by atoms with Gasteiger partial charge in [-0.25, -0.2) is 15.1 Å². The Morgan fingerprint density at radius 1 is 1.15 bits per heavy atom. The first kappa shape index (κ1) is 25.8. The number of fused-ring (bicyclic) bond motifs is 2. The fraction of sp³-hybridized carbons (Fsp3) is 0.625. The van der Waals surface area contributed by atoms with Crippen molar-refractivity contribution in [1.29, 1.82) is 0 Å². The van der Waals surface area contributed by atoms with Gasteiger partial charge < -0.3 is 14.5 Å². The summed E-state index contributed by atoms with van der Waals surface area (Å²) in [5, 5.41) is 1.57. The summed E-state index contributed by atoms with van der Waals surface area (Å²) in [5.41, 5.74) is 2.72. The molecule has 0 radical (unpaired) electrons. The van der Waals surface area contributed by atoms with Crippen molar-refractivity contribution in [1.82, 2.24) is 20.3 Å². The Hall–Kier alpha value is -2.85. The molecule has 10 nitrogen and oxygen atoms in total. The maximum atomic E-state index is 11.9. The predicted octanol–water partition coefficient (Wildman–Crippen LogP) is 3.08. The number of hydroxylamine groups is 3. The zero-order valence-electron chi connectivity index (χ0n) is 20.3. The molecule has 0 spiro atoms. The van der Waals surface area contributed by atoms with Crippen molar-refractivity contribution in [2.24, 2.45) is 0 Å². The van der Waals surface area contributed by atoms with E-state index in [-0.39, 0.29) is 30.8 Å². The molecule has 0 aliphatic carbocycles. The molecule has 3 heterocycles. The summed E-state index contributed by atoms with van der Waals surface area (Å²) in [7, 11) is 0. The number of nitrogens with zero attached hydrogens (tertiary/aromatic N) is 3. The van der Waals surface area contributed by atoms with Crippen LogP contribution in [0, 0.1) is 0 Å². The summed E-state index contributed by atoms with van der Waals surface area (Å²) in [4.78, 5) is 47.9. The first-order valence-corrected chi connectivity index (χ1v) is 11.8. The lowest BCUT2D eigenvalue weighted by atomic mass is 10.1. The Labute approximate surface area is 201 Å². The maximum absolute atomic E-state index is 11.9. The highest BCUT2D eigenvalue weighted by Crippen LogP contribution is 2.26. The summed E-state index contributed by atoms with van der Waals surface area (Å²) in [6, 6.07) is 10.2. The number of carbonyl (C=O) groups is 3. The van der Waals surface area contributed by atoms with E-state index in [1.807, 2.05) is 56.0 Å². The van der Waals surface area contributed by atoms with Gasteiger partial charge in [0.2, 0.25) is 6.41 Å². The topological polar surface area (TPSA) is 101 Å². The van der Waals surface area contributed by atoms with Gasteiger partial charge in [0.05, 0.1) is 18.7 Å². The molecule has 1 aromatic rings. The molecular formula is C24H36N4O6. The molecule has 3 aliphatic rings. The molecule has 3 aliphatic heterocycles. The van der Waals surface area contributed by atoms with Gasteiger partial charge in [-0.2, -0.15) is 5.06 Å². The Kier molecular flexibility index (Phi) is 9.12. The number of benzene rings is 1. The number of likely N-dealkylation sites (tertiary alicyclic amines) is 1. The molecule has 0 unspecified atom stereocenters. The third-order valence-corrected chi connectivity index (χ3v) is 5.81. The molecular weight excluding hydrogens is 440 g/mol. The summed E-state index contributed by atoms with van der Waals surface area (Å²) in [6.07, 6.45) is 4.06. The number of hydrogen-bond donors (Lipinski definition) is 1. The Balaban J connectivity index is 0.000000191. The van der Waals surface area contributed by atoms with Crippen LogP contribution in [0.25, 0.3) is 0 Å². The van der Waals surface area contributed by atoms with Crippen molar-refractivity contribution in [3.8, 4) is 0 Å². The minimum Gasteiger partial charge on any atom is -0.444 e. The second kappa shape index (κ2) is 12.0. The molecule has 4 rings (SSSR count). The second-order valence-corrected chi connectivity index (χ2v) is 9.63. The van der Waals surface area contributed by atoms with Gasteiger partial charge in [0.1, 0.15) is 12.2 Å². The third kappa shape index (κ3) is 7.33. The van der Waals surface area contributed by atoms with Gasteiger partial charge in [0.15, 0.2) is 0 Å². The second-order valence-electron chi connectivity index (χ2n) is 9.63. The third-order valence-electron chi connectivity index (χ3n) is 5.81. The molecule has 0 saturated carbocycles. The number of nitrogens with one attached hydrogen (secondary N) is 1. The van der Waals surface area contributed by atoms with Crippen LogP contribution in [-0.4, -0.2) is 77.3 Å². The largest absolute Gasteiger partial charge is 0.444 e. The fourth-order valence-corrected chi connectivity index (χ4v) is 4.24. The lowest BCUT2D eigenvalue weighted by molar-refractivity contribution is -0.140. The number of rotatable bonds is 7. The number of hydrogen-bond acceptors (Lipinski definition) is 6. The van der Waals surface area contributed by atoms with Gasteiger partial charge in [-0.05, 0) is 52.0 Å². The summed E-state index contributed by atoms with van der Waals surface area (Å²) in [6.45, 7) is 8.63. The van der Waals surface area contributed by atoms with Crippen LogP contribution in [0.15, 0.2) is 30.3 Å². The van der Waals surface area contributed by atoms with E-state index in [9.17, 15) is 14.4 Å². The Morgan fingerprint density at radius 2 is 1.88 bits per heavy atom. The van der Waals surface area contributed by atoms with Gasteiger partial charge in [-0.1, -0.05) is 30.3 Å². The molecule has 10 heteroatoms. The van der Waals surface area contributed by atoms with Crippen LogP contribution in [0.5, 0.6) is 0 Å². The van der Waals surface area contributed by atoms with Crippen molar-refractivity contribution in [2.75, 3.05) is 26.2 Å². The van der Waals surface area contributed by atoms with Gasteiger partial charge >= 0.3 is 12.1 Å². The molecule has 0 aromatic heterocycles. The van der Waals surface area contributed by atoms with Crippen molar-refractivity contribution in [3.63, 3.8) is 0 Å². The van der Waals surface area contributed by atoms with Crippen molar-refractivity contribution in [2.45, 2.75) is 70.7 Å². The average molecular weight is 477 g/mol. The maximum Gasteiger partial charge on any atom is 0.410 e. The van der Waals surface area contributed by atoms with E-state index in [0.29, 0.717) is 19.6 Å². The number of amides is 4. The highest BCUT2D eigenvalue weighted by Gasteiger charge is 2.40. The summed E-state index contributed by atoms with van der Waals surface area (Å²) in [5.74, 6) is 0. The Morgan fingerprint density at radius 3 is 2.56 bits per heavy atom. The normalized spacial score (nSPS) is 21.7. The SMILES string of the molecule is CC(C)(C)OC(=O)N1CCC[C@H]1CONC=O.O=C1N2CCC[C@H](C2)N1OCc1ccccc1. The highest BCUT2D eigenvalue weighted by molar-refractivity contribution is 5.76. The lowest BCUT2D eigenvalue weighted by Gasteiger charge is -2.28. The van der Waals surface area contributed by atoms with Crippen LogP contribution in [0.4, 0.5) is 9.59 Å². The van der Waals surface area contributed by atoms with E-state index < -0.39 is 5.60 Å². The first-order valence-electron chi connectivity index (χ1n) is 11.8. The predicted molar refractivity (Wildman–Crippen MR) is 124 cm³/mol. The quantitative estimate of drug-likeness (QED) is 0.369. The molecule has 4 amide bonds. The zero-order chi connectivity index (χ0) is 24.6. The molecule has 2 bridgehead atoms. The van der Waals surface area contributed by atoms with Crippen LogP contribution in [0.1, 0.15) is 52.0 Å². The minimum atomic E-state index is -0.494. The molecule has 188 valence electrons. The molecule has 2 atom stereocenters. The smallest absolute Gasteiger partial charge is 0.410 e. The average Bonchev–Trinajstić information content (AvgIpc) is 3.35. The zero-order valence-corrected chi connectivity index (χ0v) is 20.3. The van der Waals surface area contributed by atoms with Gasteiger partial charge in [-0.3, -0.25) is 14.5 Å². The van der Waals surface area contributed by atoms with E-state index >= 15 is 0 Å². The number of carbonyl (C=O) groups excluding carboxylic acids is 3. The molecule has 1 N–H and O–H groups in total. The number of ether oxygens (including phenoxy) is 1. The minimum absolute atomic E-state index is 0.0303. The number of piperidine rings is 1. The van der Waals surface area contributed by atoms with Crippen molar-refractivity contribution >= 4 is 18.5 Å². The summed E-state index contributed by atoms with van der Waals surface area (Å²) >= 11 is 0. The lowest BCUT2D eigenvalue weighted by Crippen LogP contribution is -2.42. The Bertz CT molecular complexity index is 815. The highest BCUT2D eigenvalue weighted by atomic mass is 16.7. The van der Waals surface area contributed by atoms with Crippen LogP contribution in [0.2, 0.25) is 0 Å². The monoisotopic (exact) mass is 476 g/mol. The van der Waals surface area contributed by atoms with E-state index in [4.69, 9.17) is 14.4 Å². The fourth-order valence-electron chi connectivity index (χ4n) is 4.24. The molecule has 3 fully saturated rings. The van der Waals surface area contributed by atoms with E-state index in [0.717, 1.165) is 44.3 Å². The standard InChI is InChI=1S/C13H16N2O2.C11H20N2O4/c16-13-14-8-4-7-12(9-14)15(13)17-10-11-5-2-1-3-6-11;1-11(2,3)17-10(15)13-6-4-5-9(13)7-16-12-8-14/h1-3,5-6,12H,4,7-10H2;8-9H,4-7H2,1-3H3,(H,12,14)/t12-;9-/m10/s1. The van der Waals surface area contributed by atoms with Crippen LogP contribution < -0.4 is 5.48 Å². The van der Waals surface area contributed by atoms with Crippen molar-refractivity contribution < 1.29 is 28.8 Å². The van der Waals surface area contributed by atoms with Crippen LogP contribution >= 0.6 is 0 Å².